The third-order valence-electron chi connectivity index (χ3n) is 5.88. The maximum Gasteiger partial charge on any atom is 0.272 e. The van der Waals surface area contributed by atoms with Crippen molar-refractivity contribution >= 4 is 16.9 Å². The fraction of sp³-hybridized carbons (Fsp3) is 0.400. The standard InChI is InChI=1S/C25H32N4O3/c1-6-28(7-2)23(18-10-9-11-20(14-18)32-5)16-26-24(30)19-12-13-22-21(15-19)27-17(4)25(31)29(22)8-3/h9-15,23H,6-8,16H2,1-5H3,(H,26,30). The molecule has 7 nitrogen and oxygen atoms in total. The molecule has 1 N–H and O–H groups in total. The number of ether oxygens (including phenoxy) is 1. The second kappa shape index (κ2) is 10.4. The topological polar surface area (TPSA) is 76.5 Å². The number of nitrogens with one attached hydrogen (secondary N) is 1. The van der Waals surface area contributed by atoms with Crippen molar-refractivity contribution in [3.8, 4) is 5.75 Å². The van der Waals surface area contributed by atoms with Crippen molar-refractivity contribution in [1.29, 1.82) is 0 Å². The van der Waals surface area contributed by atoms with Crippen LogP contribution < -0.4 is 15.6 Å². The molecule has 0 aliphatic rings. The highest BCUT2D eigenvalue weighted by molar-refractivity contribution is 5.97. The Hall–Kier alpha value is -3.19. The molecular formula is C25H32N4O3. The third kappa shape index (κ3) is 4.83. The van der Waals surface area contributed by atoms with E-state index in [0.717, 1.165) is 29.9 Å². The Morgan fingerprint density at radius 1 is 1.16 bits per heavy atom. The summed E-state index contributed by atoms with van der Waals surface area (Å²) in [4.78, 5) is 32.0. The van der Waals surface area contributed by atoms with E-state index in [9.17, 15) is 9.59 Å². The highest BCUT2D eigenvalue weighted by atomic mass is 16.5. The summed E-state index contributed by atoms with van der Waals surface area (Å²) < 4.78 is 7.07. The first-order chi connectivity index (χ1) is 15.4. The monoisotopic (exact) mass is 436 g/mol. The molecule has 1 unspecified atom stereocenters. The zero-order valence-electron chi connectivity index (χ0n) is 19.5. The van der Waals surface area contributed by atoms with Crippen LogP contribution >= 0.6 is 0 Å². The lowest BCUT2D eigenvalue weighted by Crippen LogP contribution is -2.38. The molecule has 0 radical (unpaired) electrons. The van der Waals surface area contributed by atoms with Crippen LogP contribution in [0.15, 0.2) is 47.3 Å². The Morgan fingerprint density at radius 2 is 1.91 bits per heavy atom. The number of hydrogen-bond donors (Lipinski definition) is 1. The number of benzene rings is 2. The minimum atomic E-state index is -0.166. The lowest BCUT2D eigenvalue weighted by Gasteiger charge is -2.30. The number of aromatic nitrogens is 2. The fourth-order valence-corrected chi connectivity index (χ4v) is 4.09. The van der Waals surface area contributed by atoms with Crippen LogP contribution in [0.5, 0.6) is 5.75 Å². The molecule has 0 aliphatic carbocycles. The predicted molar refractivity (Wildman–Crippen MR) is 127 cm³/mol. The Kier molecular flexibility index (Phi) is 7.64. The number of hydrogen-bond acceptors (Lipinski definition) is 5. The van der Waals surface area contributed by atoms with Gasteiger partial charge in [0, 0.05) is 18.7 Å². The van der Waals surface area contributed by atoms with E-state index >= 15 is 0 Å². The van der Waals surface area contributed by atoms with Gasteiger partial charge in [0.15, 0.2) is 0 Å². The predicted octanol–water partition coefficient (Wildman–Crippen LogP) is 3.55. The largest absolute Gasteiger partial charge is 0.497 e. The number of aryl methyl sites for hydroxylation is 2. The van der Waals surface area contributed by atoms with Gasteiger partial charge in [-0.3, -0.25) is 14.5 Å². The average Bonchev–Trinajstić information content (AvgIpc) is 2.82. The summed E-state index contributed by atoms with van der Waals surface area (Å²) in [6, 6.07) is 13.3. The molecule has 0 bridgehead atoms. The van der Waals surface area contributed by atoms with Crippen molar-refractivity contribution in [3.05, 3.63) is 69.6 Å². The fourth-order valence-electron chi connectivity index (χ4n) is 4.09. The lowest BCUT2D eigenvalue weighted by atomic mass is 10.0. The molecule has 0 aliphatic heterocycles. The highest BCUT2D eigenvalue weighted by Crippen LogP contribution is 2.24. The first-order valence-corrected chi connectivity index (χ1v) is 11.1. The zero-order chi connectivity index (χ0) is 23.3. The molecule has 1 amide bonds. The number of nitrogens with zero attached hydrogens (tertiary/aromatic N) is 3. The number of fused-ring (bicyclic) bond motifs is 1. The molecule has 7 heteroatoms. The van der Waals surface area contributed by atoms with Gasteiger partial charge in [-0.1, -0.05) is 26.0 Å². The third-order valence-corrected chi connectivity index (χ3v) is 5.88. The summed E-state index contributed by atoms with van der Waals surface area (Å²) in [6.07, 6.45) is 0. The molecule has 0 saturated carbocycles. The van der Waals surface area contributed by atoms with E-state index in [1.54, 1.807) is 36.8 Å². The number of amides is 1. The normalized spacial score (nSPS) is 12.2. The zero-order valence-corrected chi connectivity index (χ0v) is 19.5. The molecular weight excluding hydrogens is 404 g/mol. The Morgan fingerprint density at radius 3 is 2.56 bits per heavy atom. The van der Waals surface area contributed by atoms with Crippen LogP contribution in [0.25, 0.3) is 11.0 Å². The summed E-state index contributed by atoms with van der Waals surface area (Å²) in [6.45, 7) is 10.6. The van der Waals surface area contributed by atoms with Crippen LogP contribution in [0.1, 0.15) is 48.4 Å². The first kappa shape index (κ1) is 23.5. The number of likely N-dealkylation sites (N-methyl/N-ethyl adjacent to an activating group) is 1. The van der Waals surface area contributed by atoms with E-state index in [4.69, 9.17) is 4.74 Å². The molecule has 1 heterocycles. The van der Waals surface area contributed by atoms with Gasteiger partial charge in [-0.25, -0.2) is 4.98 Å². The molecule has 0 spiro atoms. The first-order valence-electron chi connectivity index (χ1n) is 11.1. The van der Waals surface area contributed by atoms with Crippen LogP contribution in [0.2, 0.25) is 0 Å². The summed E-state index contributed by atoms with van der Waals surface area (Å²) >= 11 is 0. The van der Waals surface area contributed by atoms with Crippen molar-refractivity contribution in [2.75, 3.05) is 26.7 Å². The molecule has 32 heavy (non-hydrogen) atoms. The number of rotatable bonds is 9. The number of carbonyl (C=O) groups is 1. The van der Waals surface area contributed by atoms with Crippen LogP contribution in [-0.4, -0.2) is 47.1 Å². The van der Waals surface area contributed by atoms with Gasteiger partial charge in [-0.2, -0.15) is 0 Å². The number of carbonyl (C=O) groups excluding carboxylic acids is 1. The van der Waals surface area contributed by atoms with Crippen LogP contribution in [0.4, 0.5) is 0 Å². The van der Waals surface area contributed by atoms with Crippen LogP contribution in [0, 0.1) is 6.92 Å². The maximum absolute atomic E-state index is 13.0. The minimum Gasteiger partial charge on any atom is -0.497 e. The van der Waals surface area contributed by atoms with Crippen molar-refractivity contribution in [2.24, 2.45) is 0 Å². The van der Waals surface area contributed by atoms with E-state index in [2.05, 4.69) is 35.1 Å². The highest BCUT2D eigenvalue weighted by Gasteiger charge is 2.20. The van der Waals surface area contributed by atoms with Gasteiger partial charge >= 0.3 is 0 Å². The number of methoxy groups -OCH3 is 1. The quantitative estimate of drug-likeness (QED) is 0.555. The second-order valence-electron chi connectivity index (χ2n) is 7.67. The molecule has 0 saturated heterocycles. The van der Waals surface area contributed by atoms with Crippen molar-refractivity contribution < 1.29 is 9.53 Å². The van der Waals surface area contributed by atoms with Gasteiger partial charge in [0.2, 0.25) is 0 Å². The van der Waals surface area contributed by atoms with E-state index in [1.165, 1.54) is 0 Å². The Bertz CT molecular complexity index is 1150. The molecule has 3 aromatic rings. The van der Waals surface area contributed by atoms with Crippen molar-refractivity contribution in [3.63, 3.8) is 0 Å². The van der Waals surface area contributed by atoms with Gasteiger partial charge in [-0.15, -0.1) is 0 Å². The molecule has 170 valence electrons. The minimum absolute atomic E-state index is 0.0233. The Balaban J connectivity index is 1.86. The van der Waals surface area contributed by atoms with E-state index in [-0.39, 0.29) is 17.5 Å². The SMILES string of the molecule is CCN(CC)C(CNC(=O)c1ccc2c(c1)nc(C)c(=O)n2CC)c1cccc(OC)c1. The van der Waals surface area contributed by atoms with E-state index in [0.29, 0.717) is 29.9 Å². The molecule has 1 atom stereocenters. The summed E-state index contributed by atoms with van der Waals surface area (Å²) in [7, 11) is 1.65. The van der Waals surface area contributed by atoms with Gasteiger partial charge in [-0.05, 0) is 62.8 Å². The van der Waals surface area contributed by atoms with Gasteiger partial charge in [0.1, 0.15) is 11.4 Å². The van der Waals surface area contributed by atoms with Gasteiger partial charge in [0.05, 0.1) is 24.2 Å². The average molecular weight is 437 g/mol. The molecule has 0 fully saturated rings. The van der Waals surface area contributed by atoms with Crippen molar-refractivity contribution in [1.82, 2.24) is 19.8 Å². The van der Waals surface area contributed by atoms with Crippen LogP contribution in [-0.2, 0) is 6.54 Å². The lowest BCUT2D eigenvalue weighted by molar-refractivity contribution is 0.0935. The van der Waals surface area contributed by atoms with Gasteiger partial charge < -0.3 is 14.6 Å². The van der Waals surface area contributed by atoms with Crippen molar-refractivity contribution in [2.45, 2.75) is 40.3 Å². The second-order valence-corrected chi connectivity index (χ2v) is 7.67. The smallest absolute Gasteiger partial charge is 0.272 e. The van der Waals surface area contributed by atoms with E-state index in [1.807, 2.05) is 25.1 Å². The summed E-state index contributed by atoms with van der Waals surface area (Å²) in [5, 5.41) is 3.09. The van der Waals surface area contributed by atoms with E-state index < -0.39 is 0 Å². The summed E-state index contributed by atoms with van der Waals surface area (Å²) in [5.74, 6) is 0.629. The summed E-state index contributed by atoms with van der Waals surface area (Å²) in [5.41, 5.74) is 3.32. The molecule has 3 rings (SSSR count). The van der Waals surface area contributed by atoms with Crippen LogP contribution in [0.3, 0.4) is 0 Å². The molecule has 1 aromatic heterocycles. The Labute approximate surface area is 189 Å². The maximum atomic E-state index is 13.0. The van der Waals surface area contributed by atoms with Gasteiger partial charge in [0.25, 0.3) is 11.5 Å². The molecule has 2 aromatic carbocycles.